The van der Waals surface area contributed by atoms with E-state index in [4.69, 9.17) is 5.26 Å². The molecule has 2 aromatic carbocycles. The molecule has 0 bridgehead atoms. The van der Waals surface area contributed by atoms with Crippen molar-refractivity contribution in [2.45, 2.75) is 31.5 Å². The van der Waals surface area contributed by atoms with Gasteiger partial charge >= 0.3 is 12.2 Å². The number of urea groups is 1. The molecule has 4 rings (SSSR count). The number of hydrogen-bond donors (Lipinski definition) is 1. The summed E-state index contributed by atoms with van der Waals surface area (Å²) in [6.07, 6.45) is -3.34. The Bertz CT molecular complexity index is 1170. The second-order valence-corrected chi connectivity index (χ2v) is 8.41. The maximum Gasteiger partial charge on any atom is 0.416 e. The smallest absolute Gasteiger partial charge is 0.326 e. The van der Waals surface area contributed by atoms with Crippen molar-refractivity contribution in [2.24, 2.45) is 0 Å². The van der Waals surface area contributed by atoms with Gasteiger partial charge in [-0.25, -0.2) is 4.79 Å². The van der Waals surface area contributed by atoms with E-state index in [1.54, 1.807) is 18.2 Å². The number of rotatable bonds is 2. The number of nitrogens with one attached hydrogen (secondary N) is 1. The number of hydrogen-bond acceptors (Lipinski definition) is 3. The largest absolute Gasteiger partial charge is 0.416 e. The molecular formula is C22H15F3IN3O2. The highest BCUT2D eigenvalue weighted by molar-refractivity contribution is 14.1. The predicted molar refractivity (Wildman–Crippen MR) is 115 cm³/mol. The van der Waals surface area contributed by atoms with Gasteiger partial charge in [-0.2, -0.15) is 18.4 Å². The average Bonchev–Trinajstić information content (AvgIpc) is 2.72. The zero-order chi connectivity index (χ0) is 22.3. The van der Waals surface area contributed by atoms with Crippen LogP contribution < -0.4 is 10.2 Å². The van der Waals surface area contributed by atoms with Crippen LogP contribution in [0.15, 0.2) is 53.7 Å². The molecule has 0 radical (unpaired) electrons. The van der Waals surface area contributed by atoms with Crippen molar-refractivity contribution in [3.63, 3.8) is 0 Å². The van der Waals surface area contributed by atoms with Crippen molar-refractivity contribution in [3.05, 3.63) is 74.0 Å². The minimum Gasteiger partial charge on any atom is -0.326 e. The summed E-state index contributed by atoms with van der Waals surface area (Å²) in [6, 6.07) is 10.2. The molecule has 1 aliphatic heterocycles. The van der Waals surface area contributed by atoms with Gasteiger partial charge in [-0.3, -0.25) is 9.69 Å². The van der Waals surface area contributed by atoms with Crippen LogP contribution in [-0.2, 0) is 11.0 Å². The van der Waals surface area contributed by atoms with Gasteiger partial charge in [-0.15, -0.1) is 0 Å². The second-order valence-electron chi connectivity index (χ2n) is 7.25. The summed E-state index contributed by atoms with van der Waals surface area (Å²) >= 11 is 2.04. The van der Waals surface area contributed by atoms with Crippen molar-refractivity contribution in [1.29, 1.82) is 5.26 Å². The van der Waals surface area contributed by atoms with Crippen LogP contribution in [0.5, 0.6) is 0 Å². The Morgan fingerprint density at radius 1 is 1.13 bits per heavy atom. The van der Waals surface area contributed by atoms with E-state index in [9.17, 15) is 22.8 Å². The molecule has 9 heteroatoms. The maximum atomic E-state index is 13.2. The van der Waals surface area contributed by atoms with Gasteiger partial charge < -0.3 is 5.32 Å². The number of benzene rings is 2. The summed E-state index contributed by atoms with van der Waals surface area (Å²) in [4.78, 5) is 27.1. The topological polar surface area (TPSA) is 73.2 Å². The van der Waals surface area contributed by atoms with Crippen LogP contribution in [0.4, 0.5) is 23.7 Å². The molecule has 1 aliphatic carbocycles. The Hall–Kier alpha value is -2.87. The standard InChI is InChI=1S/C22H15F3IN3O2/c23-22(24,25)13-3-1-4-14(10-13)29-17-5-2-6-18(30)19(17)20(28-21(29)31)15-8-7-12(11-27)9-16(15)26/h1,3-4,7-10,20H,2,5-6H2,(H,28,31). The number of ketones is 1. The summed E-state index contributed by atoms with van der Waals surface area (Å²) in [5.74, 6) is -0.150. The molecule has 2 amide bonds. The number of carbonyl (C=O) groups is 2. The molecule has 0 spiro atoms. The maximum absolute atomic E-state index is 13.2. The lowest BCUT2D eigenvalue weighted by Crippen LogP contribution is -2.49. The van der Waals surface area contributed by atoms with Gasteiger partial charge in [0.15, 0.2) is 5.78 Å². The molecule has 0 saturated heterocycles. The molecule has 1 N–H and O–H groups in total. The third-order valence-corrected chi connectivity index (χ3v) is 6.26. The van der Waals surface area contributed by atoms with Gasteiger partial charge in [-0.1, -0.05) is 12.1 Å². The number of anilines is 1. The van der Waals surface area contributed by atoms with Gasteiger partial charge in [0.05, 0.1) is 28.9 Å². The van der Waals surface area contributed by atoms with Crippen molar-refractivity contribution >= 4 is 40.1 Å². The van der Waals surface area contributed by atoms with Gasteiger partial charge in [0.2, 0.25) is 0 Å². The highest BCUT2D eigenvalue weighted by Crippen LogP contribution is 2.41. The van der Waals surface area contributed by atoms with Gasteiger partial charge in [0, 0.05) is 21.3 Å². The normalized spacial score (nSPS) is 19.1. The number of halogens is 4. The molecule has 2 aromatic rings. The van der Waals surface area contributed by atoms with Gasteiger partial charge in [0.1, 0.15) is 0 Å². The van der Waals surface area contributed by atoms with E-state index in [1.165, 1.54) is 17.0 Å². The van der Waals surface area contributed by atoms with E-state index in [2.05, 4.69) is 5.32 Å². The summed E-state index contributed by atoms with van der Waals surface area (Å²) in [6.45, 7) is 0. The minimum atomic E-state index is -4.55. The minimum absolute atomic E-state index is 0.0579. The van der Waals surface area contributed by atoms with Crippen LogP contribution in [-0.4, -0.2) is 11.8 Å². The molecule has 0 saturated carbocycles. The van der Waals surface area contributed by atoms with Crippen LogP contribution in [0.2, 0.25) is 0 Å². The molecule has 5 nitrogen and oxygen atoms in total. The molecule has 1 heterocycles. The fraction of sp³-hybridized carbons (Fsp3) is 0.227. The van der Waals surface area contributed by atoms with E-state index in [1.807, 2.05) is 28.7 Å². The number of alkyl halides is 3. The monoisotopic (exact) mass is 537 g/mol. The quantitative estimate of drug-likeness (QED) is 0.518. The fourth-order valence-electron chi connectivity index (χ4n) is 3.95. The van der Waals surface area contributed by atoms with Gasteiger partial charge in [0.25, 0.3) is 0 Å². The zero-order valence-corrected chi connectivity index (χ0v) is 18.1. The third kappa shape index (κ3) is 3.92. The Morgan fingerprint density at radius 3 is 2.58 bits per heavy atom. The van der Waals surface area contributed by atoms with Crippen LogP contribution >= 0.6 is 22.6 Å². The van der Waals surface area contributed by atoms with Crippen molar-refractivity contribution in [2.75, 3.05) is 4.90 Å². The number of carbonyl (C=O) groups excluding carboxylic acids is 2. The molecular weight excluding hydrogens is 522 g/mol. The number of allylic oxidation sites excluding steroid dienone is 1. The number of amides is 2. The highest BCUT2D eigenvalue weighted by Gasteiger charge is 2.40. The Labute approximate surface area is 189 Å². The summed E-state index contributed by atoms with van der Waals surface area (Å²) < 4.78 is 40.3. The summed E-state index contributed by atoms with van der Waals surface area (Å²) in [5, 5.41) is 11.9. The third-order valence-electron chi connectivity index (χ3n) is 5.33. The van der Waals surface area contributed by atoms with Crippen LogP contribution in [0.25, 0.3) is 0 Å². The summed E-state index contributed by atoms with van der Waals surface area (Å²) in [7, 11) is 0. The van der Waals surface area contributed by atoms with Crippen molar-refractivity contribution < 1.29 is 22.8 Å². The highest BCUT2D eigenvalue weighted by atomic mass is 127. The lowest BCUT2D eigenvalue weighted by atomic mass is 9.84. The molecule has 2 aliphatic rings. The fourth-order valence-corrected chi connectivity index (χ4v) is 4.77. The van der Waals surface area contributed by atoms with Crippen LogP contribution in [0.1, 0.15) is 42.0 Å². The first-order valence-corrected chi connectivity index (χ1v) is 10.5. The van der Waals surface area contributed by atoms with Crippen LogP contribution in [0.3, 0.4) is 0 Å². The Balaban J connectivity index is 1.86. The molecule has 1 atom stereocenters. The van der Waals surface area contributed by atoms with Crippen molar-refractivity contribution in [1.82, 2.24) is 5.32 Å². The Kier molecular flexibility index (Phi) is 5.51. The lowest BCUT2D eigenvalue weighted by Gasteiger charge is -2.39. The lowest BCUT2D eigenvalue weighted by molar-refractivity contribution is -0.137. The van der Waals surface area contributed by atoms with Crippen LogP contribution in [0, 0.1) is 14.9 Å². The average molecular weight is 537 g/mol. The number of Topliss-reactive ketones (excluding diaryl/α,β-unsaturated/α-hetero) is 1. The SMILES string of the molecule is N#Cc1ccc(C2NC(=O)N(c3cccc(C(F)(F)F)c3)C3=C2C(=O)CCC3)c(I)c1. The van der Waals surface area contributed by atoms with Crippen molar-refractivity contribution in [3.8, 4) is 6.07 Å². The molecule has 0 fully saturated rings. The predicted octanol–water partition coefficient (Wildman–Crippen LogP) is 5.46. The first-order valence-electron chi connectivity index (χ1n) is 9.44. The molecule has 158 valence electrons. The van der Waals surface area contributed by atoms with E-state index in [0.717, 1.165) is 12.1 Å². The Morgan fingerprint density at radius 2 is 1.90 bits per heavy atom. The molecule has 0 aromatic heterocycles. The second kappa shape index (κ2) is 8.00. The molecule has 1 unspecified atom stereocenters. The number of nitriles is 1. The van der Waals surface area contributed by atoms with E-state index >= 15 is 0 Å². The summed E-state index contributed by atoms with van der Waals surface area (Å²) in [5.41, 5.74) is 1.10. The first-order chi connectivity index (χ1) is 14.7. The first kappa shape index (κ1) is 21.4. The van der Waals surface area contributed by atoms with E-state index in [-0.39, 0.29) is 11.5 Å². The van der Waals surface area contributed by atoms with E-state index < -0.39 is 23.8 Å². The van der Waals surface area contributed by atoms with E-state index in [0.29, 0.717) is 45.2 Å². The van der Waals surface area contributed by atoms with Gasteiger partial charge in [-0.05, 0) is 71.3 Å². The number of nitrogens with zero attached hydrogens (tertiary/aromatic N) is 2. The zero-order valence-electron chi connectivity index (χ0n) is 16.0. The molecule has 31 heavy (non-hydrogen) atoms.